The fourth-order valence-corrected chi connectivity index (χ4v) is 10.4. The van der Waals surface area contributed by atoms with Gasteiger partial charge in [0.25, 0.3) is 0 Å². The second-order valence-corrected chi connectivity index (χ2v) is 17.2. The van der Waals surface area contributed by atoms with Crippen LogP contribution in [0.15, 0.2) is 243 Å². The number of benzene rings is 10. The van der Waals surface area contributed by atoms with Crippen LogP contribution in [-0.2, 0) is 0 Å². The van der Waals surface area contributed by atoms with E-state index >= 15 is 0 Å². The molecule has 0 saturated carbocycles. The minimum Gasteiger partial charge on any atom is -0.310 e. The van der Waals surface area contributed by atoms with Crippen LogP contribution in [0, 0.1) is 0 Å². The van der Waals surface area contributed by atoms with Crippen molar-refractivity contribution in [1.29, 1.82) is 0 Å². The molecule has 0 aliphatic heterocycles. The van der Waals surface area contributed by atoms with Crippen LogP contribution >= 0.6 is 11.3 Å². The summed E-state index contributed by atoms with van der Waals surface area (Å²) >= 11 is 1.85. The zero-order chi connectivity index (χ0) is 41.7. The SMILES string of the molecule is c1ccc(-c2cc(-c3ccccc3)cc(-c3ccc(N(c4ccc(-c5ccc6c7ccccc7n(-c7ccccc7)c6c5)cc4)c4ccc5sc6ccccc6c5c4)cc3)c2)cc1. The largest absolute Gasteiger partial charge is 0.310 e. The fourth-order valence-electron chi connectivity index (χ4n) is 9.30. The number of hydrogen-bond donors (Lipinski definition) is 0. The molecule has 63 heavy (non-hydrogen) atoms. The standard InChI is InChI=1S/C60H40N2S/c1-4-14-41(15-5-1)46-36-47(42-16-6-2-7-17-42)38-48(37-46)44-26-31-51(32-27-44)61(52-33-35-60-56(40-52)55-21-11-13-23-59(55)63-60)50-29-24-43(25-30-50)45-28-34-54-53-20-10-12-22-57(53)62(58(54)39-45)49-18-8-3-9-19-49/h1-40H. The Labute approximate surface area is 370 Å². The second kappa shape index (κ2) is 15.5. The third-order valence-corrected chi connectivity index (χ3v) is 13.5. The molecule has 0 bridgehead atoms. The van der Waals surface area contributed by atoms with Gasteiger partial charge in [-0.15, -0.1) is 11.3 Å². The third-order valence-electron chi connectivity index (χ3n) is 12.4. The van der Waals surface area contributed by atoms with E-state index in [1.54, 1.807) is 0 Å². The average Bonchev–Trinajstić information content (AvgIpc) is 3.90. The zero-order valence-corrected chi connectivity index (χ0v) is 35.2. The van der Waals surface area contributed by atoms with Crippen LogP contribution < -0.4 is 4.90 Å². The van der Waals surface area contributed by atoms with E-state index in [1.807, 2.05) is 11.3 Å². The predicted octanol–water partition coefficient (Wildman–Crippen LogP) is 17.3. The van der Waals surface area contributed by atoms with Gasteiger partial charge in [0, 0.05) is 53.7 Å². The summed E-state index contributed by atoms with van der Waals surface area (Å²) in [4.78, 5) is 2.39. The van der Waals surface area contributed by atoms with Crippen LogP contribution in [0.5, 0.6) is 0 Å². The van der Waals surface area contributed by atoms with Crippen molar-refractivity contribution in [2.75, 3.05) is 4.90 Å². The van der Waals surface area contributed by atoms with Crippen molar-refractivity contribution in [3.63, 3.8) is 0 Å². The summed E-state index contributed by atoms with van der Waals surface area (Å²) in [7, 11) is 0. The topological polar surface area (TPSA) is 8.17 Å². The van der Waals surface area contributed by atoms with Gasteiger partial charge in [0.05, 0.1) is 11.0 Å². The van der Waals surface area contributed by atoms with E-state index in [0.717, 1.165) is 22.7 Å². The Kier molecular flexibility index (Phi) is 9.06. The maximum atomic E-state index is 2.39. The van der Waals surface area contributed by atoms with Crippen molar-refractivity contribution in [2.24, 2.45) is 0 Å². The molecular formula is C60H40N2S. The van der Waals surface area contributed by atoms with Gasteiger partial charge in [-0.25, -0.2) is 0 Å². The molecule has 0 atom stereocenters. The van der Waals surface area contributed by atoms with E-state index in [-0.39, 0.29) is 0 Å². The van der Waals surface area contributed by atoms with Crippen LogP contribution in [0.4, 0.5) is 17.1 Å². The highest BCUT2D eigenvalue weighted by molar-refractivity contribution is 7.25. The van der Waals surface area contributed by atoms with Crippen LogP contribution in [0.25, 0.3) is 92.2 Å². The summed E-state index contributed by atoms with van der Waals surface area (Å²) in [6.07, 6.45) is 0. The van der Waals surface area contributed by atoms with Gasteiger partial charge in [-0.1, -0.05) is 152 Å². The Morgan fingerprint density at radius 1 is 0.270 bits per heavy atom. The van der Waals surface area contributed by atoms with Gasteiger partial charge in [0.1, 0.15) is 0 Å². The van der Waals surface area contributed by atoms with E-state index < -0.39 is 0 Å². The lowest BCUT2D eigenvalue weighted by Gasteiger charge is -2.26. The predicted molar refractivity (Wildman–Crippen MR) is 270 cm³/mol. The molecular weight excluding hydrogens is 781 g/mol. The van der Waals surface area contributed by atoms with Crippen molar-refractivity contribution in [3.8, 4) is 50.2 Å². The average molecular weight is 821 g/mol. The Morgan fingerprint density at radius 3 is 1.37 bits per heavy atom. The van der Waals surface area contributed by atoms with E-state index in [9.17, 15) is 0 Å². The quantitative estimate of drug-likeness (QED) is 0.148. The van der Waals surface area contributed by atoms with Crippen LogP contribution in [-0.4, -0.2) is 4.57 Å². The molecule has 3 heteroatoms. The number of fused-ring (bicyclic) bond motifs is 6. The summed E-state index contributed by atoms with van der Waals surface area (Å²) in [5.41, 5.74) is 16.4. The number of anilines is 3. The monoisotopic (exact) mass is 820 g/mol. The highest BCUT2D eigenvalue weighted by Gasteiger charge is 2.18. The number of thiophene rings is 1. The van der Waals surface area contributed by atoms with E-state index in [4.69, 9.17) is 0 Å². The highest BCUT2D eigenvalue weighted by Crippen LogP contribution is 2.43. The van der Waals surface area contributed by atoms with Gasteiger partial charge in [-0.3, -0.25) is 0 Å². The lowest BCUT2D eigenvalue weighted by atomic mass is 9.93. The Hall–Kier alpha value is -7.98. The molecule has 0 spiro atoms. The summed E-state index contributed by atoms with van der Waals surface area (Å²) in [5.74, 6) is 0. The zero-order valence-electron chi connectivity index (χ0n) is 34.4. The van der Waals surface area contributed by atoms with Crippen LogP contribution in [0.1, 0.15) is 0 Å². The molecule has 0 amide bonds. The summed E-state index contributed by atoms with van der Waals surface area (Å²) < 4.78 is 4.99. The minimum absolute atomic E-state index is 1.10. The Balaban J connectivity index is 0.961. The van der Waals surface area contributed by atoms with Crippen molar-refractivity contribution in [2.45, 2.75) is 0 Å². The van der Waals surface area contributed by atoms with Crippen molar-refractivity contribution >= 4 is 70.4 Å². The van der Waals surface area contributed by atoms with Gasteiger partial charge in [-0.2, -0.15) is 0 Å². The lowest BCUT2D eigenvalue weighted by Crippen LogP contribution is -2.09. The molecule has 0 N–H and O–H groups in total. The molecule has 0 fully saturated rings. The number of hydrogen-bond acceptors (Lipinski definition) is 2. The van der Waals surface area contributed by atoms with E-state index in [1.165, 1.54) is 86.5 Å². The lowest BCUT2D eigenvalue weighted by molar-refractivity contribution is 1.18. The molecule has 2 heterocycles. The smallest absolute Gasteiger partial charge is 0.0547 e. The molecule has 0 aliphatic carbocycles. The summed E-state index contributed by atoms with van der Waals surface area (Å²) in [5, 5.41) is 5.08. The first kappa shape index (κ1) is 36.8. The summed E-state index contributed by atoms with van der Waals surface area (Å²) in [6, 6.07) is 88.4. The number of nitrogens with zero attached hydrogens (tertiary/aromatic N) is 2. The molecule has 12 rings (SSSR count). The number of para-hydroxylation sites is 2. The van der Waals surface area contributed by atoms with Gasteiger partial charge in [0.15, 0.2) is 0 Å². The first-order valence-corrected chi connectivity index (χ1v) is 22.3. The van der Waals surface area contributed by atoms with Crippen LogP contribution in [0.3, 0.4) is 0 Å². The van der Waals surface area contributed by atoms with Crippen LogP contribution in [0.2, 0.25) is 0 Å². The minimum atomic E-state index is 1.10. The summed E-state index contributed by atoms with van der Waals surface area (Å²) in [6.45, 7) is 0. The third kappa shape index (κ3) is 6.67. The number of rotatable bonds is 8. The fraction of sp³-hybridized carbons (Fsp3) is 0. The van der Waals surface area contributed by atoms with Gasteiger partial charge in [-0.05, 0) is 136 Å². The maximum absolute atomic E-state index is 2.39. The number of aromatic nitrogens is 1. The first-order chi connectivity index (χ1) is 31.2. The van der Waals surface area contributed by atoms with E-state index in [0.29, 0.717) is 0 Å². The molecule has 0 unspecified atom stereocenters. The molecule has 0 aliphatic rings. The molecule has 10 aromatic carbocycles. The van der Waals surface area contributed by atoms with E-state index in [2.05, 4.69) is 252 Å². The van der Waals surface area contributed by atoms with Crippen molar-refractivity contribution < 1.29 is 0 Å². The Morgan fingerprint density at radius 2 is 0.730 bits per heavy atom. The van der Waals surface area contributed by atoms with Gasteiger partial charge < -0.3 is 9.47 Å². The van der Waals surface area contributed by atoms with Crippen molar-refractivity contribution in [1.82, 2.24) is 4.57 Å². The highest BCUT2D eigenvalue weighted by atomic mass is 32.1. The molecule has 12 aromatic rings. The van der Waals surface area contributed by atoms with Gasteiger partial charge in [0.2, 0.25) is 0 Å². The molecule has 0 saturated heterocycles. The first-order valence-electron chi connectivity index (χ1n) is 21.5. The molecule has 0 radical (unpaired) electrons. The Bertz CT molecular complexity index is 3530. The van der Waals surface area contributed by atoms with Gasteiger partial charge >= 0.3 is 0 Å². The normalized spacial score (nSPS) is 11.5. The molecule has 2 aromatic heterocycles. The second-order valence-electron chi connectivity index (χ2n) is 16.2. The maximum Gasteiger partial charge on any atom is 0.0547 e. The molecule has 296 valence electrons. The van der Waals surface area contributed by atoms with Crippen molar-refractivity contribution in [3.05, 3.63) is 243 Å². The molecule has 2 nitrogen and oxygen atoms in total.